The third-order valence-corrected chi connectivity index (χ3v) is 2.88. The Morgan fingerprint density at radius 2 is 2.00 bits per heavy atom. The van der Waals surface area contributed by atoms with E-state index in [9.17, 15) is 10.1 Å². The van der Waals surface area contributed by atoms with Gasteiger partial charge in [-0.25, -0.2) is 0 Å². The first-order chi connectivity index (χ1) is 7.17. The maximum absolute atomic E-state index is 10.7. The van der Waals surface area contributed by atoms with Gasteiger partial charge in [-0.2, -0.15) is 5.26 Å². The van der Waals surface area contributed by atoms with Crippen molar-refractivity contribution in [2.45, 2.75) is 25.7 Å². The third-order valence-electron chi connectivity index (χ3n) is 2.88. The van der Waals surface area contributed by atoms with Gasteiger partial charge in [0.05, 0.1) is 11.5 Å². The van der Waals surface area contributed by atoms with E-state index in [1.165, 1.54) is 0 Å². The molecule has 0 N–H and O–H groups in total. The molecule has 0 spiro atoms. The van der Waals surface area contributed by atoms with Crippen molar-refractivity contribution in [3.05, 3.63) is 35.9 Å². The first-order valence-corrected chi connectivity index (χ1v) is 5.08. The van der Waals surface area contributed by atoms with Crippen LogP contribution in [0.2, 0.25) is 0 Å². The summed E-state index contributed by atoms with van der Waals surface area (Å²) in [4.78, 5) is 10.7. The molecule has 0 amide bonds. The van der Waals surface area contributed by atoms with Gasteiger partial charge in [0.25, 0.3) is 0 Å². The number of hydrogen-bond acceptors (Lipinski definition) is 2. The lowest BCUT2D eigenvalue weighted by Gasteiger charge is -2.29. The van der Waals surface area contributed by atoms with Crippen LogP contribution in [-0.4, -0.2) is 6.29 Å². The standard InChI is InChI=1S/C13H15NO/c1-11(2)13(10-14,8-9-15)12-6-4-3-5-7-12/h3-7,9,11H,8H2,1-2H3/t13-/m1/s1. The van der Waals surface area contributed by atoms with Crippen molar-refractivity contribution in [1.82, 2.24) is 0 Å². The molecule has 0 bridgehead atoms. The lowest BCUT2D eigenvalue weighted by molar-refractivity contribution is -0.108. The summed E-state index contributed by atoms with van der Waals surface area (Å²) in [7, 11) is 0. The van der Waals surface area contributed by atoms with E-state index in [1.54, 1.807) is 0 Å². The molecule has 2 heteroatoms. The molecule has 15 heavy (non-hydrogen) atoms. The van der Waals surface area contributed by atoms with Gasteiger partial charge >= 0.3 is 0 Å². The average Bonchev–Trinajstić information content (AvgIpc) is 2.26. The Morgan fingerprint density at radius 1 is 1.40 bits per heavy atom. The number of carbonyl (C=O) groups is 1. The highest BCUT2D eigenvalue weighted by molar-refractivity contribution is 5.56. The Labute approximate surface area is 90.5 Å². The highest BCUT2D eigenvalue weighted by Gasteiger charge is 2.35. The molecule has 0 heterocycles. The molecule has 1 aromatic carbocycles. The van der Waals surface area contributed by atoms with Crippen molar-refractivity contribution < 1.29 is 4.79 Å². The first-order valence-electron chi connectivity index (χ1n) is 5.08. The molecule has 78 valence electrons. The van der Waals surface area contributed by atoms with E-state index in [2.05, 4.69) is 6.07 Å². The van der Waals surface area contributed by atoms with Gasteiger partial charge in [-0.05, 0) is 11.5 Å². The number of rotatable bonds is 4. The molecule has 0 aliphatic carbocycles. The molecular weight excluding hydrogens is 186 g/mol. The van der Waals surface area contributed by atoms with Gasteiger partial charge in [-0.15, -0.1) is 0 Å². The second-order valence-electron chi connectivity index (χ2n) is 3.97. The van der Waals surface area contributed by atoms with E-state index in [0.29, 0.717) is 0 Å². The Balaban J connectivity index is 3.23. The van der Waals surface area contributed by atoms with Gasteiger partial charge in [0.1, 0.15) is 6.29 Å². The minimum atomic E-state index is -0.678. The quantitative estimate of drug-likeness (QED) is 0.703. The summed E-state index contributed by atoms with van der Waals surface area (Å²) in [6.07, 6.45) is 1.08. The van der Waals surface area contributed by atoms with Crippen molar-refractivity contribution in [3.8, 4) is 6.07 Å². The molecule has 2 nitrogen and oxygen atoms in total. The summed E-state index contributed by atoms with van der Waals surface area (Å²) in [5, 5.41) is 9.32. The molecule has 0 unspecified atom stereocenters. The number of benzene rings is 1. The van der Waals surface area contributed by atoms with Gasteiger partial charge in [0.15, 0.2) is 0 Å². The van der Waals surface area contributed by atoms with Crippen molar-refractivity contribution in [2.75, 3.05) is 0 Å². The number of nitrogens with zero attached hydrogens (tertiary/aromatic N) is 1. The Hall–Kier alpha value is -1.62. The molecule has 0 aliphatic rings. The van der Waals surface area contributed by atoms with E-state index < -0.39 is 5.41 Å². The molecule has 0 fully saturated rings. The van der Waals surface area contributed by atoms with Crippen molar-refractivity contribution in [3.63, 3.8) is 0 Å². The summed E-state index contributed by atoms with van der Waals surface area (Å²) in [6.45, 7) is 3.94. The van der Waals surface area contributed by atoms with Crippen molar-refractivity contribution >= 4 is 6.29 Å². The SMILES string of the molecule is CC(C)[C@](C#N)(CC=O)c1ccccc1. The minimum Gasteiger partial charge on any atom is -0.303 e. The summed E-state index contributed by atoms with van der Waals surface area (Å²) < 4.78 is 0. The molecule has 0 saturated carbocycles. The predicted molar refractivity (Wildman–Crippen MR) is 59.3 cm³/mol. The zero-order valence-corrected chi connectivity index (χ0v) is 9.10. The first kappa shape index (κ1) is 11.5. The lowest BCUT2D eigenvalue weighted by Crippen LogP contribution is -2.31. The second-order valence-corrected chi connectivity index (χ2v) is 3.97. The fourth-order valence-electron chi connectivity index (χ4n) is 1.79. The predicted octanol–water partition coefficient (Wildman–Crippen LogP) is 2.69. The van der Waals surface area contributed by atoms with Crippen LogP contribution in [0.4, 0.5) is 0 Å². The molecule has 0 aromatic heterocycles. The summed E-state index contributed by atoms with van der Waals surface area (Å²) >= 11 is 0. The smallest absolute Gasteiger partial charge is 0.121 e. The average molecular weight is 201 g/mol. The van der Waals surface area contributed by atoms with E-state index in [1.807, 2.05) is 44.2 Å². The van der Waals surface area contributed by atoms with Gasteiger partial charge in [0.2, 0.25) is 0 Å². The largest absolute Gasteiger partial charge is 0.303 e. The lowest BCUT2D eigenvalue weighted by atomic mass is 9.71. The van der Waals surface area contributed by atoms with Crippen LogP contribution < -0.4 is 0 Å². The van der Waals surface area contributed by atoms with Crippen LogP contribution in [0.3, 0.4) is 0 Å². The normalized spacial score (nSPS) is 14.3. The molecule has 1 rings (SSSR count). The van der Waals surface area contributed by atoms with Crippen LogP contribution in [0.1, 0.15) is 25.8 Å². The topological polar surface area (TPSA) is 40.9 Å². The summed E-state index contributed by atoms with van der Waals surface area (Å²) in [6, 6.07) is 11.8. The van der Waals surface area contributed by atoms with E-state index in [0.717, 1.165) is 11.8 Å². The molecule has 0 aliphatic heterocycles. The number of hydrogen-bond donors (Lipinski definition) is 0. The summed E-state index contributed by atoms with van der Waals surface area (Å²) in [5.74, 6) is 0.120. The maximum Gasteiger partial charge on any atom is 0.121 e. The zero-order chi connectivity index (χ0) is 11.3. The molecule has 1 aromatic rings. The van der Waals surface area contributed by atoms with Crippen molar-refractivity contribution in [2.24, 2.45) is 5.92 Å². The molecule has 1 atom stereocenters. The highest BCUT2D eigenvalue weighted by Crippen LogP contribution is 2.34. The molecular formula is C13H15NO. The van der Waals surface area contributed by atoms with Gasteiger partial charge < -0.3 is 4.79 Å². The minimum absolute atomic E-state index is 0.120. The molecule has 0 radical (unpaired) electrons. The Morgan fingerprint density at radius 3 is 2.40 bits per heavy atom. The summed E-state index contributed by atoms with van der Waals surface area (Å²) in [5.41, 5.74) is 0.248. The van der Waals surface area contributed by atoms with E-state index in [4.69, 9.17) is 0 Å². The highest BCUT2D eigenvalue weighted by atomic mass is 16.1. The second kappa shape index (κ2) is 4.75. The van der Waals surface area contributed by atoms with Crippen LogP contribution in [0, 0.1) is 17.2 Å². The zero-order valence-electron chi connectivity index (χ0n) is 9.10. The van der Waals surface area contributed by atoms with Gasteiger partial charge in [-0.3, -0.25) is 0 Å². The fraction of sp³-hybridized carbons (Fsp3) is 0.385. The maximum atomic E-state index is 10.7. The number of nitriles is 1. The van der Waals surface area contributed by atoms with Gasteiger partial charge in [0, 0.05) is 6.42 Å². The van der Waals surface area contributed by atoms with Crippen LogP contribution in [0.5, 0.6) is 0 Å². The monoisotopic (exact) mass is 201 g/mol. The van der Waals surface area contributed by atoms with Crippen LogP contribution in [0.15, 0.2) is 30.3 Å². The fourth-order valence-corrected chi connectivity index (χ4v) is 1.79. The number of aldehydes is 1. The van der Waals surface area contributed by atoms with Crippen LogP contribution in [0.25, 0.3) is 0 Å². The number of carbonyl (C=O) groups excluding carboxylic acids is 1. The van der Waals surface area contributed by atoms with E-state index >= 15 is 0 Å². The Kier molecular flexibility index (Phi) is 3.62. The van der Waals surface area contributed by atoms with E-state index in [-0.39, 0.29) is 12.3 Å². The van der Waals surface area contributed by atoms with Crippen molar-refractivity contribution in [1.29, 1.82) is 5.26 Å². The van der Waals surface area contributed by atoms with Crippen LogP contribution >= 0.6 is 0 Å². The van der Waals surface area contributed by atoms with Gasteiger partial charge in [-0.1, -0.05) is 44.2 Å². The molecule has 0 saturated heterocycles. The van der Waals surface area contributed by atoms with Crippen LogP contribution in [-0.2, 0) is 10.2 Å². The Bertz CT molecular complexity index is 364. The third kappa shape index (κ3) is 2.07.